The lowest BCUT2D eigenvalue weighted by Crippen LogP contribution is -2.18. The summed E-state index contributed by atoms with van der Waals surface area (Å²) in [5.41, 5.74) is 0. The molecule has 0 bridgehead atoms. The third-order valence-electron chi connectivity index (χ3n) is 1.21. The van der Waals surface area contributed by atoms with E-state index in [4.69, 9.17) is 0 Å². The summed E-state index contributed by atoms with van der Waals surface area (Å²) in [7, 11) is 1.53. The molecule has 0 saturated carbocycles. The first-order valence-electron chi connectivity index (χ1n) is 4.25. The molecule has 0 aliphatic heterocycles. The van der Waals surface area contributed by atoms with Crippen LogP contribution in [0.1, 0.15) is 6.92 Å². The average Bonchev–Trinajstić information content (AvgIpc) is 2.20. The largest absolute Gasteiger partial charge is 0.450 e. The number of rotatable bonds is 1. The van der Waals surface area contributed by atoms with Crippen molar-refractivity contribution in [2.24, 2.45) is 0 Å². The van der Waals surface area contributed by atoms with Crippen LogP contribution in [0.15, 0.2) is 30.3 Å². The third-order valence-corrected chi connectivity index (χ3v) is 1.21. The highest BCUT2D eigenvalue weighted by Crippen LogP contribution is 1.91. The molecular formula is C10H14FNO2. The Hall–Kier alpha value is -1.58. The molecule has 3 nitrogen and oxygen atoms in total. The Labute approximate surface area is 82.9 Å². The van der Waals surface area contributed by atoms with E-state index < -0.39 is 0 Å². The van der Waals surface area contributed by atoms with Gasteiger partial charge >= 0.3 is 6.09 Å². The van der Waals surface area contributed by atoms with Crippen LogP contribution in [0.4, 0.5) is 9.18 Å². The van der Waals surface area contributed by atoms with Crippen molar-refractivity contribution in [2.75, 3.05) is 13.7 Å². The fraction of sp³-hybridized carbons (Fsp3) is 0.300. The number of halogens is 1. The predicted octanol–water partition coefficient (Wildman–Crippen LogP) is 2.19. The van der Waals surface area contributed by atoms with Crippen molar-refractivity contribution in [3.8, 4) is 0 Å². The number of hydrogen-bond donors (Lipinski definition) is 1. The highest BCUT2D eigenvalue weighted by atomic mass is 19.1. The van der Waals surface area contributed by atoms with Crippen molar-refractivity contribution in [1.29, 1.82) is 0 Å². The number of benzene rings is 1. The van der Waals surface area contributed by atoms with Crippen molar-refractivity contribution in [3.05, 3.63) is 36.1 Å². The SMILES string of the molecule is CCOC(=O)NC.Fc1ccccc1. The standard InChI is InChI=1S/C6H5F.C4H9NO2/c7-6-4-2-1-3-5-6;1-3-7-4(6)5-2/h1-5H;3H2,1-2H3,(H,5,6). The second-order valence-corrected chi connectivity index (χ2v) is 2.27. The van der Waals surface area contributed by atoms with Gasteiger partial charge in [0.25, 0.3) is 0 Å². The summed E-state index contributed by atoms with van der Waals surface area (Å²) in [4.78, 5) is 10.1. The summed E-state index contributed by atoms with van der Waals surface area (Å²) in [5, 5.41) is 2.30. The summed E-state index contributed by atoms with van der Waals surface area (Å²) in [6.07, 6.45) is -0.373. The molecule has 1 aromatic carbocycles. The molecule has 1 N–H and O–H groups in total. The molecule has 0 fully saturated rings. The maximum Gasteiger partial charge on any atom is 0.406 e. The molecule has 1 amide bonds. The van der Waals surface area contributed by atoms with Gasteiger partial charge in [-0.1, -0.05) is 18.2 Å². The van der Waals surface area contributed by atoms with Gasteiger partial charge in [0.2, 0.25) is 0 Å². The van der Waals surface area contributed by atoms with Crippen LogP contribution >= 0.6 is 0 Å². The Morgan fingerprint density at radius 3 is 2.21 bits per heavy atom. The molecular weight excluding hydrogens is 185 g/mol. The van der Waals surface area contributed by atoms with E-state index in [1.54, 1.807) is 25.1 Å². The second-order valence-electron chi connectivity index (χ2n) is 2.27. The van der Waals surface area contributed by atoms with Crippen LogP contribution in [0.5, 0.6) is 0 Å². The molecule has 1 aromatic rings. The number of carbonyl (C=O) groups excluding carboxylic acids is 1. The molecule has 4 heteroatoms. The molecule has 14 heavy (non-hydrogen) atoms. The van der Waals surface area contributed by atoms with Gasteiger partial charge in [-0.05, 0) is 19.1 Å². The lowest BCUT2D eigenvalue weighted by molar-refractivity contribution is 0.154. The Balaban J connectivity index is 0.000000241. The molecule has 0 saturated heterocycles. The lowest BCUT2D eigenvalue weighted by atomic mass is 10.4. The predicted molar refractivity (Wildman–Crippen MR) is 52.5 cm³/mol. The zero-order valence-corrected chi connectivity index (χ0v) is 8.29. The Kier molecular flexibility index (Phi) is 7.13. The molecule has 0 aliphatic rings. The van der Waals surface area contributed by atoms with E-state index in [1.807, 2.05) is 0 Å². The van der Waals surface area contributed by atoms with E-state index in [-0.39, 0.29) is 11.9 Å². The van der Waals surface area contributed by atoms with Gasteiger partial charge in [-0.3, -0.25) is 0 Å². The number of ether oxygens (including phenoxy) is 1. The van der Waals surface area contributed by atoms with E-state index in [1.165, 1.54) is 19.2 Å². The average molecular weight is 199 g/mol. The highest BCUT2D eigenvalue weighted by molar-refractivity contribution is 5.66. The van der Waals surface area contributed by atoms with Crippen LogP contribution in [-0.4, -0.2) is 19.7 Å². The molecule has 78 valence electrons. The molecule has 0 aliphatic carbocycles. The van der Waals surface area contributed by atoms with Gasteiger partial charge < -0.3 is 10.1 Å². The monoisotopic (exact) mass is 199 g/mol. The molecule has 0 spiro atoms. The summed E-state index contributed by atoms with van der Waals surface area (Å²) in [6, 6.07) is 7.94. The van der Waals surface area contributed by atoms with Gasteiger partial charge in [0.1, 0.15) is 5.82 Å². The van der Waals surface area contributed by atoms with Crippen LogP contribution < -0.4 is 5.32 Å². The quantitative estimate of drug-likeness (QED) is 0.752. The van der Waals surface area contributed by atoms with Gasteiger partial charge in [-0.25, -0.2) is 9.18 Å². The normalized spacial score (nSPS) is 8.21. The second kappa shape index (κ2) is 8.04. The number of carbonyl (C=O) groups is 1. The molecule has 0 heterocycles. The van der Waals surface area contributed by atoms with E-state index in [9.17, 15) is 9.18 Å². The summed E-state index contributed by atoms with van der Waals surface area (Å²) >= 11 is 0. The van der Waals surface area contributed by atoms with Crippen LogP contribution in [-0.2, 0) is 4.74 Å². The van der Waals surface area contributed by atoms with Crippen LogP contribution in [0, 0.1) is 5.82 Å². The number of amides is 1. The number of hydrogen-bond acceptors (Lipinski definition) is 2. The van der Waals surface area contributed by atoms with Gasteiger partial charge in [0, 0.05) is 7.05 Å². The highest BCUT2D eigenvalue weighted by Gasteiger charge is 1.89. The molecule has 0 aromatic heterocycles. The van der Waals surface area contributed by atoms with Crippen molar-refractivity contribution in [2.45, 2.75) is 6.92 Å². The minimum atomic E-state index is -0.373. The fourth-order valence-corrected chi connectivity index (χ4v) is 0.618. The lowest BCUT2D eigenvalue weighted by Gasteiger charge is -1.95. The van der Waals surface area contributed by atoms with Crippen molar-refractivity contribution < 1.29 is 13.9 Å². The van der Waals surface area contributed by atoms with Gasteiger partial charge in [-0.2, -0.15) is 0 Å². The van der Waals surface area contributed by atoms with E-state index in [2.05, 4.69) is 10.1 Å². The number of nitrogens with one attached hydrogen (secondary N) is 1. The summed E-state index contributed by atoms with van der Waals surface area (Å²) in [5.74, 6) is -0.178. The van der Waals surface area contributed by atoms with Crippen molar-refractivity contribution >= 4 is 6.09 Å². The topological polar surface area (TPSA) is 38.3 Å². The Morgan fingerprint density at radius 1 is 1.43 bits per heavy atom. The first-order valence-corrected chi connectivity index (χ1v) is 4.25. The van der Waals surface area contributed by atoms with Gasteiger partial charge in [-0.15, -0.1) is 0 Å². The maximum atomic E-state index is 11.9. The zero-order chi connectivity index (χ0) is 10.8. The maximum absolute atomic E-state index is 11.9. The fourth-order valence-electron chi connectivity index (χ4n) is 0.618. The number of alkyl carbamates (subject to hydrolysis) is 1. The Bertz CT molecular complexity index is 252. The Morgan fingerprint density at radius 2 is 2.00 bits per heavy atom. The van der Waals surface area contributed by atoms with Crippen LogP contribution in [0.3, 0.4) is 0 Å². The van der Waals surface area contributed by atoms with Gasteiger partial charge in [0.15, 0.2) is 0 Å². The van der Waals surface area contributed by atoms with E-state index in [0.29, 0.717) is 6.61 Å². The van der Waals surface area contributed by atoms with Gasteiger partial charge in [0.05, 0.1) is 6.61 Å². The van der Waals surface area contributed by atoms with Crippen LogP contribution in [0.2, 0.25) is 0 Å². The zero-order valence-electron chi connectivity index (χ0n) is 8.29. The van der Waals surface area contributed by atoms with E-state index >= 15 is 0 Å². The molecule has 0 radical (unpaired) electrons. The van der Waals surface area contributed by atoms with Crippen molar-refractivity contribution in [3.63, 3.8) is 0 Å². The molecule has 0 unspecified atom stereocenters. The first-order chi connectivity index (χ1) is 6.70. The van der Waals surface area contributed by atoms with Crippen LogP contribution in [0.25, 0.3) is 0 Å². The summed E-state index contributed by atoms with van der Waals surface area (Å²) in [6.45, 7) is 2.19. The minimum Gasteiger partial charge on any atom is -0.450 e. The summed E-state index contributed by atoms with van der Waals surface area (Å²) < 4.78 is 16.3. The smallest absolute Gasteiger partial charge is 0.406 e. The van der Waals surface area contributed by atoms with E-state index in [0.717, 1.165) is 0 Å². The van der Waals surface area contributed by atoms with Crippen molar-refractivity contribution in [1.82, 2.24) is 5.32 Å². The third kappa shape index (κ3) is 7.09. The molecule has 0 atom stereocenters. The minimum absolute atomic E-state index is 0.178. The first kappa shape index (κ1) is 12.4. The molecule has 1 rings (SSSR count).